The van der Waals surface area contributed by atoms with Crippen LogP contribution in [0.4, 0.5) is 9.80 Å². The number of nitrogens with zero attached hydrogens (tertiary/aromatic N) is 4. The molecular formula is C18H21N5O3S. The molecule has 0 radical (unpaired) electrons. The number of amides is 2. The van der Waals surface area contributed by atoms with Crippen molar-refractivity contribution < 1.29 is 14.3 Å². The smallest absolute Gasteiger partial charge is 0.410 e. The minimum absolute atomic E-state index is 0.0854. The summed E-state index contributed by atoms with van der Waals surface area (Å²) in [5, 5.41) is 17.2. The Morgan fingerprint density at radius 1 is 1.44 bits per heavy atom. The maximum absolute atomic E-state index is 12.4. The first-order chi connectivity index (χ1) is 12.9. The summed E-state index contributed by atoms with van der Waals surface area (Å²) in [6.45, 7) is 6.82. The van der Waals surface area contributed by atoms with E-state index in [1.165, 1.54) is 11.3 Å². The Bertz CT molecular complexity index is 924. The molecule has 2 aromatic rings. The highest BCUT2D eigenvalue weighted by atomic mass is 32.1. The summed E-state index contributed by atoms with van der Waals surface area (Å²) in [5.74, 6) is -0.237. The van der Waals surface area contributed by atoms with Crippen LogP contribution < -0.4 is 5.32 Å². The number of carbonyl (C=O) groups is 2. The van der Waals surface area contributed by atoms with Crippen molar-refractivity contribution in [2.75, 3.05) is 18.5 Å². The van der Waals surface area contributed by atoms with Gasteiger partial charge in [0, 0.05) is 17.1 Å². The molecular weight excluding hydrogens is 366 g/mol. The number of fused-ring (bicyclic) bond motifs is 1. The first-order valence-corrected chi connectivity index (χ1v) is 9.51. The third-order valence-electron chi connectivity index (χ3n) is 4.34. The largest absolute Gasteiger partial charge is 0.450 e. The van der Waals surface area contributed by atoms with E-state index in [0.29, 0.717) is 36.7 Å². The molecule has 0 fully saturated rings. The summed E-state index contributed by atoms with van der Waals surface area (Å²) in [6, 6.07) is 4.10. The maximum atomic E-state index is 12.4. The van der Waals surface area contributed by atoms with E-state index in [2.05, 4.69) is 16.5 Å². The van der Waals surface area contributed by atoms with Crippen LogP contribution >= 0.6 is 11.3 Å². The molecule has 0 saturated heterocycles. The molecule has 0 saturated carbocycles. The highest BCUT2D eigenvalue weighted by molar-refractivity contribution is 7.16. The van der Waals surface area contributed by atoms with E-state index in [1.807, 2.05) is 19.9 Å². The maximum Gasteiger partial charge on any atom is 0.410 e. The number of hydrogen-bond donors (Lipinski definition) is 1. The Kier molecular flexibility index (Phi) is 5.46. The Morgan fingerprint density at radius 2 is 2.22 bits per heavy atom. The average Bonchev–Trinajstić information content (AvgIpc) is 3.12. The summed E-state index contributed by atoms with van der Waals surface area (Å²) in [7, 11) is 0. The second-order valence-electron chi connectivity index (χ2n) is 6.32. The van der Waals surface area contributed by atoms with E-state index >= 15 is 0 Å². The van der Waals surface area contributed by atoms with Gasteiger partial charge < -0.3 is 15.0 Å². The van der Waals surface area contributed by atoms with E-state index < -0.39 is 0 Å². The lowest BCUT2D eigenvalue weighted by atomic mass is 10.0. The summed E-state index contributed by atoms with van der Waals surface area (Å²) in [5.41, 5.74) is 3.15. The minimum Gasteiger partial charge on any atom is -0.450 e. The molecule has 0 spiro atoms. The van der Waals surface area contributed by atoms with Gasteiger partial charge in [0.05, 0.1) is 24.4 Å². The summed E-state index contributed by atoms with van der Waals surface area (Å²) < 4.78 is 6.68. The summed E-state index contributed by atoms with van der Waals surface area (Å²) >= 11 is 1.34. The van der Waals surface area contributed by atoms with Crippen molar-refractivity contribution in [2.24, 2.45) is 0 Å². The van der Waals surface area contributed by atoms with Crippen LogP contribution in [-0.4, -0.2) is 39.8 Å². The zero-order valence-electron chi connectivity index (χ0n) is 15.5. The predicted octanol–water partition coefficient (Wildman–Crippen LogP) is 2.59. The number of anilines is 1. The fourth-order valence-corrected chi connectivity index (χ4v) is 4.35. The number of aryl methyl sites for hydroxylation is 2. The molecule has 0 aliphatic carbocycles. The van der Waals surface area contributed by atoms with Crippen molar-refractivity contribution in [1.82, 2.24) is 14.7 Å². The van der Waals surface area contributed by atoms with Crippen molar-refractivity contribution in [1.29, 1.82) is 5.26 Å². The van der Waals surface area contributed by atoms with Crippen LogP contribution in [0.3, 0.4) is 0 Å². The van der Waals surface area contributed by atoms with Gasteiger partial charge >= 0.3 is 6.09 Å². The molecule has 0 unspecified atom stereocenters. The second-order valence-corrected chi connectivity index (χ2v) is 7.43. The van der Waals surface area contributed by atoms with Crippen molar-refractivity contribution in [3.05, 3.63) is 33.5 Å². The first-order valence-electron chi connectivity index (χ1n) is 8.70. The zero-order valence-corrected chi connectivity index (χ0v) is 16.4. The lowest BCUT2D eigenvalue weighted by Crippen LogP contribution is -2.35. The van der Waals surface area contributed by atoms with Gasteiger partial charge in [0.2, 0.25) is 5.91 Å². The number of hydrogen-bond acceptors (Lipinski definition) is 6. The number of rotatable bonds is 4. The zero-order chi connectivity index (χ0) is 19.6. The van der Waals surface area contributed by atoms with Gasteiger partial charge in [-0.1, -0.05) is 0 Å². The molecule has 1 aliphatic rings. The Balaban J connectivity index is 1.75. The van der Waals surface area contributed by atoms with Crippen LogP contribution in [0, 0.1) is 25.2 Å². The van der Waals surface area contributed by atoms with Crippen LogP contribution in [0.15, 0.2) is 6.07 Å². The molecule has 9 heteroatoms. The van der Waals surface area contributed by atoms with E-state index in [0.717, 1.165) is 21.8 Å². The van der Waals surface area contributed by atoms with Gasteiger partial charge in [-0.25, -0.2) is 4.79 Å². The highest BCUT2D eigenvalue weighted by Gasteiger charge is 2.28. The number of nitrogens with one attached hydrogen (secondary N) is 1. The average molecular weight is 387 g/mol. The fraction of sp³-hybridized carbons (Fsp3) is 0.444. The predicted molar refractivity (Wildman–Crippen MR) is 101 cm³/mol. The molecule has 1 aliphatic heterocycles. The monoisotopic (exact) mass is 387 g/mol. The van der Waals surface area contributed by atoms with Crippen LogP contribution in [0.5, 0.6) is 0 Å². The lowest BCUT2D eigenvalue weighted by molar-refractivity contribution is -0.116. The van der Waals surface area contributed by atoms with Crippen LogP contribution in [-0.2, 0) is 29.0 Å². The van der Waals surface area contributed by atoms with Gasteiger partial charge in [-0.3, -0.25) is 9.48 Å². The normalized spacial score (nSPS) is 13.0. The molecule has 142 valence electrons. The molecule has 0 aromatic carbocycles. The molecule has 0 atom stereocenters. The minimum atomic E-state index is -0.356. The van der Waals surface area contributed by atoms with Gasteiger partial charge in [0.1, 0.15) is 17.6 Å². The molecule has 2 aromatic heterocycles. The summed E-state index contributed by atoms with van der Waals surface area (Å²) in [6.07, 6.45) is 0.214. The van der Waals surface area contributed by atoms with Crippen LogP contribution in [0.1, 0.15) is 34.3 Å². The molecule has 0 bridgehead atoms. The van der Waals surface area contributed by atoms with E-state index in [1.54, 1.807) is 16.5 Å². The number of thiophene rings is 1. The molecule has 2 amide bonds. The third kappa shape index (κ3) is 3.95. The lowest BCUT2D eigenvalue weighted by Gasteiger charge is -2.25. The van der Waals surface area contributed by atoms with Crippen molar-refractivity contribution >= 4 is 28.3 Å². The van der Waals surface area contributed by atoms with E-state index in [9.17, 15) is 14.9 Å². The van der Waals surface area contributed by atoms with E-state index in [4.69, 9.17) is 4.74 Å². The number of nitriles is 1. The number of ether oxygens (including phenoxy) is 1. The van der Waals surface area contributed by atoms with Gasteiger partial charge in [0.15, 0.2) is 0 Å². The standard InChI is InChI=1S/C18H21N5O3S/c1-4-26-18(25)22-6-5-13-14(8-19)17(27-15(13)9-22)20-16(24)10-23-12(3)7-11(2)21-23/h7H,4-6,9-10H2,1-3H3,(H,20,24). The van der Waals surface area contributed by atoms with Crippen LogP contribution in [0.2, 0.25) is 0 Å². The number of carbonyl (C=O) groups excluding carboxylic acids is 2. The van der Waals surface area contributed by atoms with Crippen molar-refractivity contribution in [2.45, 2.75) is 40.3 Å². The quantitative estimate of drug-likeness (QED) is 0.869. The number of aromatic nitrogens is 2. The van der Waals surface area contributed by atoms with Gasteiger partial charge in [0.25, 0.3) is 0 Å². The molecule has 8 nitrogen and oxygen atoms in total. The molecule has 3 heterocycles. The Hall–Kier alpha value is -2.86. The SMILES string of the molecule is CCOC(=O)N1CCc2c(sc(NC(=O)Cn3nc(C)cc3C)c2C#N)C1. The van der Waals surface area contributed by atoms with E-state index in [-0.39, 0.29) is 18.5 Å². The molecule has 1 N–H and O–H groups in total. The third-order valence-corrected chi connectivity index (χ3v) is 5.48. The van der Waals surface area contributed by atoms with Crippen LogP contribution in [0.25, 0.3) is 0 Å². The van der Waals surface area contributed by atoms with Gasteiger partial charge in [-0.2, -0.15) is 10.4 Å². The van der Waals surface area contributed by atoms with Gasteiger partial charge in [-0.05, 0) is 38.8 Å². The Morgan fingerprint density at radius 3 is 2.85 bits per heavy atom. The summed E-state index contributed by atoms with van der Waals surface area (Å²) in [4.78, 5) is 26.9. The topological polar surface area (TPSA) is 100 Å². The van der Waals surface area contributed by atoms with Gasteiger partial charge in [-0.15, -0.1) is 11.3 Å². The molecule has 3 rings (SSSR count). The highest BCUT2D eigenvalue weighted by Crippen LogP contribution is 2.36. The Labute approximate surface area is 161 Å². The molecule has 27 heavy (non-hydrogen) atoms. The van der Waals surface area contributed by atoms with Crippen molar-refractivity contribution in [3.8, 4) is 6.07 Å². The fourth-order valence-electron chi connectivity index (χ4n) is 3.12. The van der Waals surface area contributed by atoms with Crippen molar-refractivity contribution in [3.63, 3.8) is 0 Å². The first kappa shape index (κ1) is 18.9. The second kappa shape index (κ2) is 7.80.